The molecule has 3 nitrogen and oxygen atoms in total. The van der Waals surface area contributed by atoms with Gasteiger partial charge in [-0.15, -0.1) is 11.3 Å². The van der Waals surface area contributed by atoms with Crippen molar-refractivity contribution in [3.63, 3.8) is 0 Å². The van der Waals surface area contributed by atoms with Crippen LogP contribution in [-0.4, -0.2) is 8.42 Å². The van der Waals surface area contributed by atoms with Gasteiger partial charge in [0.25, 0.3) is 10.0 Å². The van der Waals surface area contributed by atoms with Crippen molar-refractivity contribution >= 4 is 38.6 Å². The van der Waals surface area contributed by atoms with Gasteiger partial charge in [-0.1, -0.05) is 72.3 Å². The standard InChI is InChI=1S/C22H16ClNO2S2/c23-20-9-5-4-8-19(20)22-21(14-15-27-22)24-28(25,26)18-12-10-17(11-13-18)16-6-2-1-3-7-16/h1-15,24H. The van der Waals surface area contributed by atoms with Crippen molar-refractivity contribution in [2.45, 2.75) is 4.90 Å². The molecule has 28 heavy (non-hydrogen) atoms. The van der Waals surface area contributed by atoms with Crippen LogP contribution in [0.5, 0.6) is 0 Å². The second-order valence-electron chi connectivity index (χ2n) is 6.14. The third kappa shape index (κ3) is 3.83. The van der Waals surface area contributed by atoms with E-state index in [1.54, 1.807) is 24.3 Å². The number of halogens is 1. The summed E-state index contributed by atoms with van der Waals surface area (Å²) in [5.41, 5.74) is 3.33. The Morgan fingerprint density at radius 1 is 0.750 bits per heavy atom. The molecule has 0 amide bonds. The van der Waals surface area contributed by atoms with Gasteiger partial charge in [-0.3, -0.25) is 4.72 Å². The van der Waals surface area contributed by atoms with E-state index in [0.717, 1.165) is 21.6 Å². The molecule has 0 bridgehead atoms. The minimum Gasteiger partial charge on any atom is -0.278 e. The average molecular weight is 426 g/mol. The summed E-state index contributed by atoms with van der Waals surface area (Å²) in [5.74, 6) is 0. The van der Waals surface area contributed by atoms with Crippen LogP contribution in [0.25, 0.3) is 21.6 Å². The highest BCUT2D eigenvalue weighted by Crippen LogP contribution is 2.38. The van der Waals surface area contributed by atoms with Gasteiger partial charge in [-0.05, 0) is 40.8 Å². The maximum absolute atomic E-state index is 12.9. The highest BCUT2D eigenvalue weighted by molar-refractivity contribution is 7.92. The smallest absolute Gasteiger partial charge is 0.261 e. The van der Waals surface area contributed by atoms with Crippen molar-refractivity contribution < 1.29 is 8.42 Å². The summed E-state index contributed by atoms with van der Waals surface area (Å²) in [6, 6.07) is 25.8. The highest BCUT2D eigenvalue weighted by atomic mass is 35.5. The number of thiophene rings is 1. The zero-order valence-corrected chi connectivity index (χ0v) is 17.1. The zero-order chi connectivity index (χ0) is 19.6. The normalized spacial score (nSPS) is 11.3. The van der Waals surface area contributed by atoms with Gasteiger partial charge >= 0.3 is 0 Å². The number of anilines is 1. The van der Waals surface area contributed by atoms with Crippen molar-refractivity contribution in [2.24, 2.45) is 0 Å². The molecule has 0 spiro atoms. The molecule has 0 fully saturated rings. The van der Waals surface area contributed by atoms with Crippen molar-refractivity contribution in [1.29, 1.82) is 0 Å². The zero-order valence-electron chi connectivity index (χ0n) is 14.7. The number of hydrogen-bond donors (Lipinski definition) is 1. The minimum atomic E-state index is -3.71. The van der Waals surface area contributed by atoms with E-state index in [1.165, 1.54) is 11.3 Å². The fourth-order valence-corrected chi connectivity index (χ4v) is 5.22. The summed E-state index contributed by atoms with van der Waals surface area (Å²) >= 11 is 7.72. The van der Waals surface area contributed by atoms with Gasteiger partial charge in [-0.25, -0.2) is 8.42 Å². The number of benzene rings is 3. The molecule has 0 aliphatic heterocycles. The summed E-state index contributed by atoms with van der Waals surface area (Å²) in [6.45, 7) is 0. The van der Waals surface area contributed by atoms with Gasteiger partial charge in [0.15, 0.2) is 0 Å². The summed E-state index contributed by atoms with van der Waals surface area (Å²) in [4.78, 5) is 0.999. The lowest BCUT2D eigenvalue weighted by molar-refractivity contribution is 0.601. The molecule has 0 radical (unpaired) electrons. The molecule has 0 atom stereocenters. The Morgan fingerprint density at radius 2 is 1.39 bits per heavy atom. The Balaban J connectivity index is 1.63. The van der Waals surface area contributed by atoms with E-state index in [-0.39, 0.29) is 4.90 Å². The first-order chi connectivity index (χ1) is 13.5. The number of nitrogens with one attached hydrogen (secondary N) is 1. The average Bonchev–Trinajstić information content (AvgIpc) is 3.16. The quantitative estimate of drug-likeness (QED) is 0.394. The van der Waals surface area contributed by atoms with Crippen LogP contribution in [0.1, 0.15) is 0 Å². The van der Waals surface area contributed by atoms with Gasteiger partial charge in [-0.2, -0.15) is 0 Å². The maximum Gasteiger partial charge on any atom is 0.261 e. The van der Waals surface area contributed by atoms with E-state index in [0.29, 0.717) is 10.7 Å². The van der Waals surface area contributed by atoms with Gasteiger partial charge < -0.3 is 0 Å². The summed E-state index contributed by atoms with van der Waals surface area (Å²) < 4.78 is 28.4. The topological polar surface area (TPSA) is 46.2 Å². The van der Waals surface area contributed by atoms with Crippen molar-refractivity contribution in [2.75, 3.05) is 4.72 Å². The summed E-state index contributed by atoms with van der Waals surface area (Å²) in [7, 11) is -3.71. The monoisotopic (exact) mass is 425 g/mol. The SMILES string of the molecule is O=S(=O)(Nc1ccsc1-c1ccccc1Cl)c1ccc(-c2ccccc2)cc1. The highest BCUT2D eigenvalue weighted by Gasteiger charge is 2.18. The van der Waals surface area contributed by atoms with Crippen LogP contribution in [0.2, 0.25) is 5.02 Å². The first kappa shape index (κ1) is 18.7. The van der Waals surface area contributed by atoms with E-state index >= 15 is 0 Å². The summed E-state index contributed by atoms with van der Waals surface area (Å²) in [6.07, 6.45) is 0. The van der Waals surface area contributed by atoms with Crippen LogP contribution in [0.4, 0.5) is 5.69 Å². The lowest BCUT2D eigenvalue weighted by Gasteiger charge is -2.11. The Morgan fingerprint density at radius 3 is 2.11 bits per heavy atom. The van der Waals surface area contributed by atoms with Crippen molar-refractivity contribution in [3.05, 3.63) is 95.3 Å². The number of sulfonamides is 1. The van der Waals surface area contributed by atoms with Gasteiger partial charge in [0.2, 0.25) is 0 Å². The third-order valence-corrected chi connectivity index (χ3v) is 6.96. The molecular formula is C22H16ClNO2S2. The maximum atomic E-state index is 12.9. The Labute approximate surface area is 173 Å². The second-order valence-corrected chi connectivity index (χ2v) is 9.14. The molecule has 4 aromatic rings. The van der Waals surface area contributed by atoms with Crippen LogP contribution in [-0.2, 0) is 10.0 Å². The molecule has 1 N–H and O–H groups in total. The molecule has 140 valence electrons. The molecule has 0 saturated heterocycles. The minimum absolute atomic E-state index is 0.212. The first-order valence-electron chi connectivity index (χ1n) is 8.55. The Bertz CT molecular complexity index is 1200. The fraction of sp³-hybridized carbons (Fsp3) is 0. The largest absolute Gasteiger partial charge is 0.278 e. The number of hydrogen-bond acceptors (Lipinski definition) is 3. The van der Waals surface area contributed by atoms with E-state index in [1.807, 2.05) is 66.0 Å². The molecule has 0 unspecified atom stereocenters. The molecule has 0 saturated carbocycles. The van der Waals surface area contributed by atoms with Gasteiger partial charge in [0.1, 0.15) is 0 Å². The van der Waals surface area contributed by atoms with Crippen molar-refractivity contribution in [3.8, 4) is 21.6 Å². The van der Waals surface area contributed by atoms with E-state index < -0.39 is 10.0 Å². The molecule has 6 heteroatoms. The van der Waals surface area contributed by atoms with Crippen molar-refractivity contribution in [1.82, 2.24) is 0 Å². The molecule has 0 aliphatic carbocycles. The molecule has 1 aromatic heterocycles. The van der Waals surface area contributed by atoms with Crippen LogP contribution in [0, 0.1) is 0 Å². The first-order valence-corrected chi connectivity index (χ1v) is 11.3. The van der Waals surface area contributed by atoms with E-state index in [2.05, 4.69) is 4.72 Å². The van der Waals surface area contributed by atoms with Crippen LogP contribution < -0.4 is 4.72 Å². The predicted octanol–water partition coefficient (Wildman–Crippen LogP) is 6.54. The molecular weight excluding hydrogens is 410 g/mol. The van der Waals surface area contributed by atoms with Crippen LogP contribution in [0.15, 0.2) is 95.2 Å². The van der Waals surface area contributed by atoms with E-state index in [4.69, 9.17) is 11.6 Å². The Kier molecular flexibility index (Phi) is 5.22. The van der Waals surface area contributed by atoms with E-state index in [9.17, 15) is 8.42 Å². The second kappa shape index (κ2) is 7.80. The van der Waals surface area contributed by atoms with Gasteiger partial charge in [0, 0.05) is 10.6 Å². The summed E-state index contributed by atoms with van der Waals surface area (Å²) in [5, 5.41) is 2.42. The van der Waals surface area contributed by atoms with Crippen LogP contribution >= 0.6 is 22.9 Å². The third-order valence-electron chi connectivity index (χ3n) is 4.30. The number of rotatable bonds is 5. The van der Waals surface area contributed by atoms with Crippen LogP contribution in [0.3, 0.4) is 0 Å². The predicted molar refractivity (Wildman–Crippen MR) is 117 cm³/mol. The van der Waals surface area contributed by atoms with Gasteiger partial charge in [0.05, 0.1) is 15.5 Å². The molecule has 1 heterocycles. The molecule has 3 aromatic carbocycles. The lowest BCUT2D eigenvalue weighted by Crippen LogP contribution is -2.12. The molecule has 4 rings (SSSR count). The fourth-order valence-electron chi connectivity index (χ4n) is 2.90. The molecule has 0 aliphatic rings. The lowest BCUT2D eigenvalue weighted by atomic mass is 10.1. The Hall–Kier alpha value is -2.60.